The Morgan fingerprint density at radius 3 is 2.06 bits per heavy atom. The number of rotatable bonds is 1. The van der Waals surface area contributed by atoms with Gasteiger partial charge < -0.3 is 15.3 Å². The molecule has 0 aromatic carbocycles. The van der Waals surface area contributed by atoms with Crippen LogP contribution in [0.25, 0.3) is 0 Å². The number of nitrogens with one attached hydrogen (secondary N) is 1. The molecule has 0 aliphatic carbocycles. The fourth-order valence-electron chi connectivity index (χ4n) is 1.53. The molecule has 1 aliphatic rings. The third-order valence-electron chi connectivity index (χ3n) is 2.20. The number of carbonyl (C=O) groups excluding carboxylic acids is 1. The van der Waals surface area contributed by atoms with Crippen LogP contribution in [-0.2, 0) is 4.79 Å². The number of hydrogen-bond donors (Lipinski definition) is 2. The molecule has 2 N–H and O–H groups in total. The standard InChI is InChI=1S/C10H19NO2.C2H7N.C2H6/c1-10(2,3)6-9(13)11-5-4-8(12)7-11;1-3-2;1-2/h8,12H,4-7H2,1-3H3;3H,1-2H3;1-2H3/t8-;;/m1../s1. The first-order valence-electron chi connectivity index (χ1n) is 6.84. The maximum absolute atomic E-state index is 11.6. The van der Waals surface area contributed by atoms with Crippen molar-refractivity contribution in [3.63, 3.8) is 0 Å². The van der Waals surface area contributed by atoms with E-state index in [1.807, 2.05) is 27.9 Å². The first-order chi connectivity index (χ1) is 8.30. The van der Waals surface area contributed by atoms with Crippen LogP contribution < -0.4 is 5.32 Å². The molecule has 1 heterocycles. The second-order valence-corrected chi connectivity index (χ2v) is 5.52. The summed E-state index contributed by atoms with van der Waals surface area (Å²) in [4.78, 5) is 13.4. The van der Waals surface area contributed by atoms with Crippen LogP contribution in [0.1, 0.15) is 47.5 Å². The number of aliphatic hydroxyl groups excluding tert-OH is 1. The Morgan fingerprint density at radius 1 is 1.33 bits per heavy atom. The van der Waals surface area contributed by atoms with Crippen LogP contribution >= 0.6 is 0 Å². The summed E-state index contributed by atoms with van der Waals surface area (Å²) < 4.78 is 0. The lowest BCUT2D eigenvalue weighted by molar-refractivity contribution is -0.132. The molecular formula is C14H32N2O2. The number of amides is 1. The maximum atomic E-state index is 11.6. The topological polar surface area (TPSA) is 52.6 Å². The van der Waals surface area contributed by atoms with Crippen LogP contribution in [0.15, 0.2) is 0 Å². The molecule has 0 aromatic heterocycles. The van der Waals surface area contributed by atoms with E-state index in [1.165, 1.54) is 0 Å². The van der Waals surface area contributed by atoms with E-state index in [0.29, 0.717) is 13.0 Å². The van der Waals surface area contributed by atoms with E-state index in [2.05, 4.69) is 26.1 Å². The lowest BCUT2D eigenvalue weighted by atomic mass is 9.92. The average Bonchev–Trinajstić information content (AvgIpc) is 2.67. The molecule has 1 amide bonds. The van der Waals surface area contributed by atoms with E-state index in [9.17, 15) is 9.90 Å². The van der Waals surface area contributed by atoms with Crippen molar-refractivity contribution >= 4 is 5.91 Å². The van der Waals surface area contributed by atoms with Gasteiger partial charge in [-0.1, -0.05) is 34.6 Å². The minimum atomic E-state index is -0.302. The zero-order valence-electron chi connectivity index (χ0n) is 13.2. The minimum absolute atomic E-state index is 0.0463. The molecule has 0 saturated carbocycles. The van der Waals surface area contributed by atoms with Crippen LogP contribution in [0, 0.1) is 5.41 Å². The van der Waals surface area contributed by atoms with Crippen LogP contribution in [0.4, 0.5) is 0 Å². The summed E-state index contributed by atoms with van der Waals surface area (Å²) in [6.07, 6.45) is 0.999. The number of aliphatic hydroxyl groups is 1. The van der Waals surface area contributed by atoms with Gasteiger partial charge in [0.25, 0.3) is 0 Å². The number of β-amino-alcohol motifs (C(OH)–C–C–N with tert-alkyl or cyclic N) is 1. The highest BCUT2D eigenvalue weighted by atomic mass is 16.3. The molecule has 0 aromatic rings. The Kier molecular flexibility index (Phi) is 11.3. The van der Waals surface area contributed by atoms with Crippen molar-refractivity contribution in [3.8, 4) is 0 Å². The lowest BCUT2D eigenvalue weighted by Crippen LogP contribution is -2.32. The van der Waals surface area contributed by atoms with E-state index in [0.717, 1.165) is 13.0 Å². The number of carbonyl (C=O) groups is 1. The molecule has 4 nitrogen and oxygen atoms in total. The van der Waals surface area contributed by atoms with Gasteiger partial charge in [-0.2, -0.15) is 0 Å². The van der Waals surface area contributed by atoms with Gasteiger partial charge in [0, 0.05) is 19.5 Å². The summed E-state index contributed by atoms with van der Waals surface area (Å²) in [7, 11) is 3.75. The first-order valence-corrected chi connectivity index (χ1v) is 6.84. The zero-order chi connectivity index (χ0) is 14.8. The van der Waals surface area contributed by atoms with Gasteiger partial charge in [0.05, 0.1) is 6.10 Å². The van der Waals surface area contributed by atoms with Gasteiger partial charge in [0.2, 0.25) is 5.91 Å². The minimum Gasteiger partial charge on any atom is -0.391 e. The van der Waals surface area contributed by atoms with Gasteiger partial charge in [-0.3, -0.25) is 4.79 Å². The molecule has 1 aliphatic heterocycles. The quantitative estimate of drug-likeness (QED) is 0.757. The van der Waals surface area contributed by atoms with Crippen molar-refractivity contribution in [1.29, 1.82) is 0 Å². The van der Waals surface area contributed by atoms with Gasteiger partial charge in [0.1, 0.15) is 0 Å². The first kappa shape index (κ1) is 19.7. The predicted molar refractivity (Wildman–Crippen MR) is 77.6 cm³/mol. The zero-order valence-corrected chi connectivity index (χ0v) is 13.2. The van der Waals surface area contributed by atoms with E-state index in [4.69, 9.17) is 0 Å². The van der Waals surface area contributed by atoms with E-state index < -0.39 is 0 Å². The molecule has 1 fully saturated rings. The van der Waals surface area contributed by atoms with Crippen LogP contribution in [0.5, 0.6) is 0 Å². The predicted octanol–water partition coefficient (Wildman–Crippen LogP) is 1.88. The highest BCUT2D eigenvalue weighted by Crippen LogP contribution is 2.21. The van der Waals surface area contributed by atoms with Crippen molar-refractivity contribution in [2.45, 2.75) is 53.6 Å². The van der Waals surface area contributed by atoms with E-state index in [1.54, 1.807) is 4.90 Å². The Hall–Kier alpha value is -0.610. The Balaban J connectivity index is 0. The van der Waals surface area contributed by atoms with Crippen LogP contribution in [0.3, 0.4) is 0 Å². The molecule has 0 spiro atoms. The van der Waals surface area contributed by atoms with Crippen molar-refractivity contribution in [1.82, 2.24) is 10.2 Å². The van der Waals surface area contributed by atoms with Crippen molar-refractivity contribution in [2.75, 3.05) is 27.2 Å². The Morgan fingerprint density at radius 2 is 1.78 bits per heavy atom. The summed E-state index contributed by atoms with van der Waals surface area (Å²) in [6.45, 7) is 11.4. The SMILES string of the molecule is CC.CC(C)(C)CC(=O)N1CC[C@@H](O)C1.CNC. The normalized spacial score (nSPS) is 18.4. The van der Waals surface area contributed by atoms with Crippen LogP contribution in [0.2, 0.25) is 0 Å². The van der Waals surface area contributed by atoms with E-state index >= 15 is 0 Å². The molecule has 0 unspecified atom stereocenters. The molecule has 0 radical (unpaired) electrons. The second kappa shape index (κ2) is 10.3. The molecule has 1 saturated heterocycles. The monoisotopic (exact) mass is 260 g/mol. The number of nitrogens with zero attached hydrogens (tertiary/aromatic N) is 1. The molecule has 1 atom stereocenters. The maximum Gasteiger partial charge on any atom is 0.223 e. The molecular weight excluding hydrogens is 228 g/mol. The summed E-state index contributed by atoms with van der Waals surface area (Å²) in [5.74, 6) is 0.170. The lowest BCUT2D eigenvalue weighted by Gasteiger charge is -2.22. The second-order valence-electron chi connectivity index (χ2n) is 5.52. The smallest absolute Gasteiger partial charge is 0.223 e. The van der Waals surface area contributed by atoms with Gasteiger partial charge in [0.15, 0.2) is 0 Å². The molecule has 4 heteroatoms. The third kappa shape index (κ3) is 10.5. The van der Waals surface area contributed by atoms with Crippen molar-refractivity contribution in [2.24, 2.45) is 5.41 Å². The fraction of sp³-hybridized carbons (Fsp3) is 0.929. The van der Waals surface area contributed by atoms with Crippen molar-refractivity contribution < 1.29 is 9.90 Å². The van der Waals surface area contributed by atoms with Gasteiger partial charge in [-0.15, -0.1) is 0 Å². The van der Waals surface area contributed by atoms with Crippen LogP contribution in [-0.4, -0.2) is 49.2 Å². The van der Waals surface area contributed by atoms with Crippen molar-refractivity contribution in [3.05, 3.63) is 0 Å². The molecule has 18 heavy (non-hydrogen) atoms. The summed E-state index contributed by atoms with van der Waals surface area (Å²) in [5, 5.41) is 12.0. The number of likely N-dealkylation sites (tertiary alicyclic amines) is 1. The Bertz CT molecular complexity index is 212. The van der Waals surface area contributed by atoms with Gasteiger partial charge in [-0.05, 0) is 25.9 Å². The Labute approximate surface area is 113 Å². The highest BCUT2D eigenvalue weighted by Gasteiger charge is 2.27. The molecule has 1 rings (SSSR count). The summed E-state index contributed by atoms with van der Waals surface area (Å²) >= 11 is 0. The molecule has 0 bridgehead atoms. The summed E-state index contributed by atoms with van der Waals surface area (Å²) in [6, 6.07) is 0. The fourth-order valence-corrected chi connectivity index (χ4v) is 1.53. The summed E-state index contributed by atoms with van der Waals surface area (Å²) in [5.41, 5.74) is 0.0463. The van der Waals surface area contributed by atoms with Gasteiger partial charge in [-0.25, -0.2) is 0 Å². The van der Waals surface area contributed by atoms with E-state index in [-0.39, 0.29) is 17.4 Å². The van der Waals surface area contributed by atoms with Gasteiger partial charge >= 0.3 is 0 Å². The highest BCUT2D eigenvalue weighted by molar-refractivity contribution is 5.77. The largest absolute Gasteiger partial charge is 0.391 e. The average molecular weight is 260 g/mol. The third-order valence-corrected chi connectivity index (χ3v) is 2.20. The number of hydrogen-bond acceptors (Lipinski definition) is 3. The molecule has 110 valence electrons.